The zero-order valence-corrected chi connectivity index (χ0v) is 15.3. The molecule has 0 aliphatic carbocycles. The molecule has 2 unspecified atom stereocenters. The fourth-order valence-electron chi connectivity index (χ4n) is 4.44. The lowest BCUT2D eigenvalue weighted by molar-refractivity contribution is -0.0595. The largest absolute Gasteiger partial charge is 0.385 e. The maximum atomic E-state index is 13.2. The molecule has 26 heavy (non-hydrogen) atoms. The smallest absolute Gasteiger partial charge is 0.224 e. The summed E-state index contributed by atoms with van der Waals surface area (Å²) in [5.41, 5.74) is 1.07. The van der Waals surface area contributed by atoms with E-state index in [-0.39, 0.29) is 5.82 Å². The van der Waals surface area contributed by atoms with Gasteiger partial charge in [0.1, 0.15) is 5.82 Å². The van der Waals surface area contributed by atoms with Crippen molar-refractivity contribution in [1.29, 1.82) is 0 Å². The maximum Gasteiger partial charge on any atom is 0.224 e. The van der Waals surface area contributed by atoms with Crippen LogP contribution in [0.1, 0.15) is 36.8 Å². The minimum Gasteiger partial charge on any atom is -0.385 e. The maximum absolute atomic E-state index is 13.2. The van der Waals surface area contributed by atoms with Gasteiger partial charge < -0.3 is 10.0 Å². The van der Waals surface area contributed by atoms with E-state index in [9.17, 15) is 9.50 Å². The zero-order chi connectivity index (χ0) is 18.3. The molecule has 2 atom stereocenters. The van der Waals surface area contributed by atoms with Gasteiger partial charge >= 0.3 is 0 Å². The number of rotatable bonds is 4. The topological polar surface area (TPSA) is 52.5 Å². The van der Waals surface area contributed by atoms with Gasteiger partial charge in [0.25, 0.3) is 0 Å². The summed E-state index contributed by atoms with van der Waals surface area (Å²) in [6, 6.07) is 6.97. The van der Waals surface area contributed by atoms with Gasteiger partial charge in [0.2, 0.25) is 5.95 Å². The predicted octanol–water partition coefficient (Wildman–Crippen LogP) is 2.70. The number of benzene rings is 1. The van der Waals surface area contributed by atoms with Crippen LogP contribution in [-0.4, -0.2) is 46.2 Å². The second-order valence-corrected chi connectivity index (χ2v) is 7.79. The highest BCUT2D eigenvalue weighted by Gasteiger charge is 2.48. The van der Waals surface area contributed by atoms with Gasteiger partial charge in [0.05, 0.1) is 5.60 Å². The van der Waals surface area contributed by atoms with Gasteiger partial charge in [-0.05, 0) is 43.4 Å². The second kappa shape index (κ2) is 6.59. The van der Waals surface area contributed by atoms with Gasteiger partial charge in [0, 0.05) is 50.7 Å². The minimum absolute atomic E-state index is 0.265. The van der Waals surface area contributed by atoms with Crippen molar-refractivity contribution < 1.29 is 9.50 Å². The predicted molar refractivity (Wildman–Crippen MR) is 98.2 cm³/mol. The van der Waals surface area contributed by atoms with Crippen molar-refractivity contribution in [1.82, 2.24) is 14.9 Å². The van der Waals surface area contributed by atoms with Crippen LogP contribution >= 0.6 is 0 Å². The van der Waals surface area contributed by atoms with E-state index in [4.69, 9.17) is 0 Å². The summed E-state index contributed by atoms with van der Waals surface area (Å²) < 4.78 is 13.2. The lowest BCUT2D eigenvalue weighted by Gasteiger charge is -2.44. The number of aromatic nitrogens is 2. The van der Waals surface area contributed by atoms with Gasteiger partial charge in [0.15, 0.2) is 0 Å². The average Bonchev–Trinajstić information content (AvgIpc) is 2.86. The van der Waals surface area contributed by atoms with Gasteiger partial charge in [-0.25, -0.2) is 14.4 Å². The van der Waals surface area contributed by atoms with Crippen LogP contribution < -0.4 is 4.90 Å². The van der Waals surface area contributed by atoms with Crippen molar-refractivity contribution in [2.24, 2.45) is 0 Å². The molecule has 2 aliphatic heterocycles. The molecule has 2 aromatic rings. The van der Waals surface area contributed by atoms with E-state index in [2.05, 4.69) is 14.9 Å². The van der Waals surface area contributed by atoms with Crippen LogP contribution in [0.5, 0.6) is 0 Å². The first-order valence-electron chi connectivity index (χ1n) is 9.17. The van der Waals surface area contributed by atoms with Crippen molar-refractivity contribution >= 4 is 5.95 Å². The standard InChI is InChI=1S/C20H25FN4O/c1-24(2)19-22-11-14(12-23-19)13-25-17-7-8-18(25)10-20(26,9-17)15-3-5-16(21)6-4-15/h3-6,11-12,17-18,26H,7-10,13H2,1-2H3. The molecule has 138 valence electrons. The molecule has 2 saturated heterocycles. The van der Waals surface area contributed by atoms with Gasteiger partial charge in [-0.3, -0.25) is 4.90 Å². The molecule has 1 aromatic carbocycles. The molecule has 1 N–H and O–H groups in total. The average molecular weight is 356 g/mol. The highest BCUT2D eigenvalue weighted by molar-refractivity contribution is 5.28. The molecular weight excluding hydrogens is 331 g/mol. The Bertz CT molecular complexity index is 748. The number of aliphatic hydroxyl groups is 1. The van der Waals surface area contributed by atoms with Crippen LogP contribution in [0.3, 0.4) is 0 Å². The molecule has 2 aliphatic rings. The monoisotopic (exact) mass is 356 g/mol. The number of halogens is 1. The van der Waals surface area contributed by atoms with Crippen LogP contribution in [0.2, 0.25) is 0 Å². The molecule has 0 amide bonds. The van der Waals surface area contributed by atoms with Crippen LogP contribution in [0, 0.1) is 5.82 Å². The highest BCUT2D eigenvalue weighted by atomic mass is 19.1. The molecule has 0 saturated carbocycles. The number of hydrogen-bond donors (Lipinski definition) is 1. The van der Waals surface area contributed by atoms with Gasteiger partial charge in [-0.15, -0.1) is 0 Å². The number of nitrogens with zero attached hydrogens (tertiary/aromatic N) is 4. The summed E-state index contributed by atoms with van der Waals surface area (Å²) in [7, 11) is 3.85. The molecule has 4 rings (SSSR count). The Hall–Kier alpha value is -2.05. The first-order chi connectivity index (χ1) is 12.4. The van der Waals surface area contributed by atoms with Crippen LogP contribution in [0.4, 0.5) is 10.3 Å². The first-order valence-corrected chi connectivity index (χ1v) is 9.17. The second-order valence-electron chi connectivity index (χ2n) is 7.79. The van der Waals surface area contributed by atoms with Gasteiger partial charge in [-0.2, -0.15) is 0 Å². The third-order valence-electron chi connectivity index (χ3n) is 5.76. The molecule has 1 aromatic heterocycles. The number of fused-ring (bicyclic) bond motifs is 2. The van der Waals surface area contributed by atoms with E-state index in [1.165, 1.54) is 12.1 Å². The molecule has 3 heterocycles. The van der Waals surface area contributed by atoms with Crippen molar-refractivity contribution in [3.05, 3.63) is 53.6 Å². The Morgan fingerprint density at radius 2 is 1.69 bits per heavy atom. The van der Waals surface area contributed by atoms with Crippen LogP contribution in [-0.2, 0) is 12.1 Å². The third kappa shape index (κ3) is 3.19. The summed E-state index contributed by atoms with van der Waals surface area (Å²) in [5.74, 6) is 0.444. The highest BCUT2D eigenvalue weighted by Crippen LogP contribution is 2.46. The van der Waals surface area contributed by atoms with Crippen molar-refractivity contribution in [3.63, 3.8) is 0 Å². The van der Waals surface area contributed by atoms with E-state index in [1.54, 1.807) is 12.1 Å². The Morgan fingerprint density at radius 3 is 2.23 bits per heavy atom. The quantitative estimate of drug-likeness (QED) is 0.913. The molecule has 6 heteroatoms. The third-order valence-corrected chi connectivity index (χ3v) is 5.76. The Labute approximate surface area is 153 Å². The van der Waals surface area contributed by atoms with Gasteiger partial charge in [-0.1, -0.05) is 12.1 Å². The van der Waals surface area contributed by atoms with Crippen LogP contribution in [0.25, 0.3) is 0 Å². The lowest BCUT2D eigenvalue weighted by Crippen LogP contribution is -2.49. The molecule has 5 nitrogen and oxygen atoms in total. The Kier molecular flexibility index (Phi) is 4.40. The fraction of sp³-hybridized carbons (Fsp3) is 0.500. The van der Waals surface area contributed by atoms with E-state index in [1.807, 2.05) is 31.4 Å². The molecule has 0 spiro atoms. The van der Waals surface area contributed by atoms with E-state index >= 15 is 0 Å². The number of anilines is 1. The summed E-state index contributed by atoms with van der Waals surface area (Å²) in [4.78, 5) is 13.2. The summed E-state index contributed by atoms with van der Waals surface area (Å²) in [6.07, 6.45) is 7.33. The summed E-state index contributed by atoms with van der Waals surface area (Å²) in [5, 5.41) is 11.2. The van der Waals surface area contributed by atoms with E-state index < -0.39 is 5.60 Å². The molecule has 2 bridgehead atoms. The molecular formula is C20H25FN4O. The first kappa shape index (κ1) is 17.4. The Morgan fingerprint density at radius 1 is 1.12 bits per heavy atom. The normalized spacial score (nSPS) is 28.3. The molecule has 0 radical (unpaired) electrons. The lowest BCUT2D eigenvalue weighted by atomic mass is 9.80. The summed E-state index contributed by atoms with van der Waals surface area (Å²) >= 11 is 0. The molecule has 2 fully saturated rings. The number of hydrogen-bond acceptors (Lipinski definition) is 5. The summed E-state index contributed by atoms with van der Waals surface area (Å²) in [6.45, 7) is 0.808. The van der Waals surface area contributed by atoms with Crippen molar-refractivity contribution in [2.75, 3.05) is 19.0 Å². The van der Waals surface area contributed by atoms with Crippen LogP contribution in [0.15, 0.2) is 36.7 Å². The Balaban J connectivity index is 1.49. The van der Waals surface area contributed by atoms with E-state index in [0.29, 0.717) is 30.9 Å². The van der Waals surface area contributed by atoms with E-state index in [0.717, 1.165) is 30.5 Å². The zero-order valence-electron chi connectivity index (χ0n) is 15.3. The minimum atomic E-state index is -0.860. The number of piperidine rings is 1. The van der Waals surface area contributed by atoms with Crippen molar-refractivity contribution in [3.8, 4) is 0 Å². The SMILES string of the molecule is CN(C)c1ncc(CN2C3CCC2CC(O)(c2ccc(F)cc2)C3)cn1. The van der Waals surface area contributed by atoms with Crippen molar-refractivity contribution in [2.45, 2.75) is 49.9 Å². The fourth-order valence-corrected chi connectivity index (χ4v) is 4.44.